The van der Waals surface area contributed by atoms with Crippen LogP contribution in [0.3, 0.4) is 0 Å². The van der Waals surface area contributed by atoms with E-state index in [-0.39, 0.29) is 18.3 Å². The van der Waals surface area contributed by atoms with Crippen molar-refractivity contribution in [2.75, 3.05) is 33.4 Å². The Bertz CT molecular complexity index is 1060. The predicted molar refractivity (Wildman–Crippen MR) is 136 cm³/mol. The smallest absolute Gasteiger partial charge is 0.414 e. The van der Waals surface area contributed by atoms with Gasteiger partial charge in [-0.25, -0.2) is 9.59 Å². The lowest BCUT2D eigenvalue weighted by molar-refractivity contribution is -0.159. The second-order valence-electron chi connectivity index (χ2n) is 8.07. The average Bonchev–Trinajstić information content (AvgIpc) is 3.38. The van der Waals surface area contributed by atoms with Gasteiger partial charge in [0, 0.05) is 13.1 Å². The summed E-state index contributed by atoms with van der Waals surface area (Å²) in [7, 11) is 1.65. The number of hydrogen-bond acceptors (Lipinski definition) is 7. The second kappa shape index (κ2) is 14.6. The van der Waals surface area contributed by atoms with Gasteiger partial charge >= 0.3 is 11.9 Å². The van der Waals surface area contributed by atoms with Crippen molar-refractivity contribution < 1.29 is 38.7 Å². The summed E-state index contributed by atoms with van der Waals surface area (Å²) >= 11 is 0. The summed E-state index contributed by atoms with van der Waals surface area (Å²) in [6.07, 6.45) is -0.299. The number of ether oxygens (including phenoxy) is 4. The van der Waals surface area contributed by atoms with E-state index in [9.17, 15) is 0 Å². The summed E-state index contributed by atoms with van der Waals surface area (Å²) in [5, 5.41) is 18.2. The highest BCUT2D eigenvalue weighted by atomic mass is 16.7. The zero-order valence-corrected chi connectivity index (χ0v) is 20.5. The molecule has 3 N–H and O–H groups in total. The Morgan fingerprint density at radius 1 is 0.892 bits per heavy atom. The average molecular weight is 510 g/mol. The van der Waals surface area contributed by atoms with Crippen LogP contribution in [-0.2, 0) is 19.1 Å². The second-order valence-corrected chi connectivity index (χ2v) is 8.07. The van der Waals surface area contributed by atoms with Crippen LogP contribution >= 0.6 is 0 Å². The van der Waals surface area contributed by atoms with E-state index in [4.69, 9.17) is 38.7 Å². The number of aliphatic carboxylic acids is 2. The maximum absolute atomic E-state index is 9.10. The first-order valence-corrected chi connectivity index (χ1v) is 11.8. The van der Waals surface area contributed by atoms with Crippen LogP contribution in [0.1, 0.15) is 17.0 Å². The maximum Gasteiger partial charge on any atom is 0.414 e. The van der Waals surface area contributed by atoms with Crippen LogP contribution in [0.4, 0.5) is 0 Å². The quantitative estimate of drug-likeness (QED) is 0.279. The largest absolute Gasteiger partial charge is 0.493 e. The number of para-hydroxylation sites is 2. The number of rotatable bonds is 10. The molecule has 4 rings (SSSR count). The van der Waals surface area contributed by atoms with Crippen molar-refractivity contribution >= 4 is 11.9 Å². The number of benzene rings is 3. The molecule has 0 amide bonds. The van der Waals surface area contributed by atoms with Gasteiger partial charge in [-0.1, -0.05) is 72.8 Å². The zero-order chi connectivity index (χ0) is 26.5. The molecule has 0 aromatic heterocycles. The SMILES string of the molecule is COc1ccccc1OCCNC[C@H]1CO[C@H](C(c2ccccc2)c2ccccc2)O1.O=C(O)C(=O)O. The summed E-state index contributed by atoms with van der Waals surface area (Å²) < 4.78 is 23.5. The number of methoxy groups -OCH3 is 1. The molecule has 0 unspecified atom stereocenters. The molecule has 0 radical (unpaired) electrons. The highest BCUT2D eigenvalue weighted by Crippen LogP contribution is 2.33. The molecular formula is C28H31NO8. The minimum absolute atomic E-state index is 0.00573. The number of carboxylic acids is 2. The van der Waals surface area contributed by atoms with E-state index >= 15 is 0 Å². The fourth-order valence-corrected chi connectivity index (χ4v) is 3.81. The van der Waals surface area contributed by atoms with Crippen molar-refractivity contribution in [3.05, 3.63) is 96.1 Å². The van der Waals surface area contributed by atoms with Gasteiger partial charge in [0.1, 0.15) is 6.61 Å². The summed E-state index contributed by atoms with van der Waals surface area (Å²) in [5.74, 6) is -2.11. The molecule has 3 aromatic carbocycles. The fraction of sp³-hybridized carbons (Fsp3) is 0.286. The van der Waals surface area contributed by atoms with E-state index in [0.29, 0.717) is 26.3 Å². The minimum atomic E-state index is -1.82. The lowest BCUT2D eigenvalue weighted by Gasteiger charge is -2.24. The summed E-state index contributed by atoms with van der Waals surface area (Å²) in [5.41, 5.74) is 2.38. The van der Waals surface area contributed by atoms with Crippen LogP contribution in [0, 0.1) is 0 Å². The topological polar surface area (TPSA) is 124 Å². The van der Waals surface area contributed by atoms with Gasteiger partial charge in [-0.05, 0) is 23.3 Å². The van der Waals surface area contributed by atoms with E-state index in [1.165, 1.54) is 11.1 Å². The monoisotopic (exact) mass is 509 g/mol. The molecule has 1 saturated heterocycles. The normalized spacial score (nSPS) is 16.5. The Hall–Kier alpha value is -3.92. The van der Waals surface area contributed by atoms with Gasteiger partial charge in [0.15, 0.2) is 17.8 Å². The standard InChI is InChI=1S/C26H29NO4.C2H2O4/c1-28-23-14-8-9-15-24(23)29-17-16-27-18-22-19-30-26(31-22)25(20-10-4-2-5-11-20)21-12-6-3-7-13-21;3-1(4)2(5)6/h2-15,22,25-27H,16-19H2,1H3;(H,3,4)(H,5,6)/t22-,26-;/m0./s1. The van der Waals surface area contributed by atoms with Crippen LogP contribution in [0.2, 0.25) is 0 Å². The first-order valence-electron chi connectivity index (χ1n) is 11.8. The van der Waals surface area contributed by atoms with Gasteiger partial charge in [0.25, 0.3) is 0 Å². The molecule has 1 fully saturated rings. The molecule has 0 bridgehead atoms. The van der Waals surface area contributed by atoms with Crippen molar-refractivity contribution in [2.24, 2.45) is 0 Å². The van der Waals surface area contributed by atoms with Gasteiger partial charge in [-0.3, -0.25) is 0 Å². The third-order valence-corrected chi connectivity index (χ3v) is 5.52. The molecule has 1 aliphatic rings. The number of carbonyl (C=O) groups is 2. The zero-order valence-electron chi connectivity index (χ0n) is 20.5. The lowest BCUT2D eigenvalue weighted by atomic mass is 9.91. The molecule has 9 nitrogen and oxygen atoms in total. The fourth-order valence-electron chi connectivity index (χ4n) is 3.81. The molecule has 0 saturated carbocycles. The van der Waals surface area contributed by atoms with Gasteiger partial charge in [-0.15, -0.1) is 0 Å². The lowest BCUT2D eigenvalue weighted by Crippen LogP contribution is -2.32. The molecule has 196 valence electrons. The van der Waals surface area contributed by atoms with Crippen LogP contribution < -0.4 is 14.8 Å². The number of hydrogen-bond donors (Lipinski definition) is 3. The highest BCUT2D eigenvalue weighted by molar-refractivity contribution is 6.27. The Labute approximate surface area is 215 Å². The number of carboxylic acid groups (broad SMARTS) is 2. The molecule has 37 heavy (non-hydrogen) atoms. The third kappa shape index (κ3) is 8.60. The first-order chi connectivity index (χ1) is 18.0. The Kier molecular flexibility index (Phi) is 10.9. The van der Waals surface area contributed by atoms with Crippen molar-refractivity contribution in [3.8, 4) is 11.5 Å². The van der Waals surface area contributed by atoms with Crippen molar-refractivity contribution in [1.29, 1.82) is 0 Å². The molecule has 0 spiro atoms. The molecule has 1 heterocycles. The first kappa shape index (κ1) is 27.7. The van der Waals surface area contributed by atoms with Gasteiger partial charge < -0.3 is 34.5 Å². The predicted octanol–water partition coefficient (Wildman–Crippen LogP) is 3.39. The molecule has 9 heteroatoms. The van der Waals surface area contributed by atoms with E-state index in [0.717, 1.165) is 11.5 Å². The van der Waals surface area contributed by atoms with Crippen LogP contribution in [0.15, 0.2) is 84.9 Å². The van der Waals surface area contributed by atoms with E-state index in [1.54, 1.807) is 7.11 Å². The van der Waals surface area contributed by atoms with Gasteiger partial charge in [-0.2, -0.15) is 0 Å². The van der Waals surface area contributed by atoms with E-state index in [2.05, 4.69) is 53.8 Å². The molecule has 3 aromatic rings. The minimum Gasteiger partial charge on any atom is -0.493 e. The summed E-state index contributed by atoms with van der Waals surface area (Å²) in [4.78, 5) is 18.2. The van der Waals surface area contributed by atoms with Crippen molar-refractivity contribution in [3.63, 3.8) is 0 Å². The van der Waals surface area contributed by atoms with Gasteiger partial charge in [0.05, 0.1) is 25.7 Å². The van der Waals surface area contributed by atoms with Crippen LogP contribution in [0.5, 0.6) is 11.5 Å². The van der Waals surface area contributed by atoms with Crippen molar-refractivity contribution in [1.82, 2.24) is 5.32 Å². The molecule has 1 aliphatic heterocycles. The Morgan fingerprint density at radius 3 is 1.97 bits per heavy atom. The van der Waals surface area contributed by atoms with Crippen LogP contribution in [-0.4, -0.2) is 68.0 Å². The van der Waals surface area contributed by atoms with E-state index < -0.39 is 11.9 Å². The molecule has 2 atom stereocenters. The van der Waals surface area contributed by atoms with Crippen LogP contribution in [0.25, 0.3) is 0 Å². The highest BCUT2D eigenvalue weighted by Gasteiger charge is 2.34. The third-order valence-electron chi connectivity index (χ3n) is 5.52. The maximum atomic E-state index is 9.10. The number of nitrogens with one attached hydrogen (secondary N) is 1. The Balaban J connectivity index is 0.000000568. The van der Waals surface area contributed by atoms with Gasteiger partial charge in [0.2, 0.25) is 0 Å². The molecule has 0 aliphatic carbocycles. The summed E-state index contributed by atoms with van der Waals surface area (Å²) in [6, 6.07) is 28.5. The molecular weight excluding hydrogens is 478 g/mol. The summed E-state index contributed by atoms with van der Waals surface area (Å²) in [6.45, 7) is 2.54. The van der Waals surface area contributed by atoms with Crippen molar-refractivity contribution in [2.45, 2.75) is 18.3 Å². The van der Waals surface area contributed by atoms with E-state index in [1.807, 2.05) is 36.4 Å². The Morgan fingerprint density at radius 2 is 1.43 bits per heavy atom.